The molecule has 20 heavy (non-hydrogen) atoms. The summed E-state index contributed by atoms with van der Waals surface area (Å²) in [5.74, 6) is 1.96. The number of nitrogens with zero attached hydrogens (tertiary/aromatic N) is 4. The molecule has 0 saturated heterocycles. The van der Waals surface area contributed by atoms with Gasteiger partial charge in [-0.05, 0) is 6.07 Å². The van der Waals surface area contributed by atoms with Gasteiger partial charge in [0.1, 0.15) is 17.8 Å². The van der Waals surface area contributed by atoms with Crippen molar-refractivity contribution in [2.75, 3.05) is 17.2 Å². The first-order chi connectivity index (χ1) is 9.92. The first-order valence-corrected chi connectivity index (χ1v) is 7.29. The summed E-state index contributed by atoms with van der Waals surface area (Å²) in [6.45, 7) is 0.934. The smallest absolute Gasteiger partial charge is 0.145 e. The Morgan fingerprint density at radius 2 is 2.30 bits per heavy atom. The second kappa shape index (κ2) is 4.68. The molecule has 7 heteroatoms. The van der Waals surface area contributed by atoms with Gasteiger partial charge in [0, 0.05) is 41.4 Å². The zero-order valence-electron chi connectivity index (χ0n) is 10.6. The molecular formula is C13H12N6S. The van der Waals surface area contributed by atoms with Crippen molar-refractivity contribution >= 4 is 33.5 Å². The average molecular weight is 284 g/mol. The zero-order chi connectivity index (χ0) is 13.4. The number of aromatic amines is 2. The van der Waals surface area contributed by atoms with E-state index in [0.717, 1.165) is 34.7 Å². The van der Waals surface area contributed by atoms with Gasteiger partial charge in [-0.15, -0.1) is 11.8 Å². The second-order valence-electron chi connectivity index (χ2n) is 4.46. The van der Waals surface area contributed by atoms with Crippen molar-refractivity contribution in [3.05, 3.63) is 42.7 Å². The molecule has 0 unspecified atom stereocenters. The highest BCUT2D eigenvalue weighted by Gasteiger charge is 2.17. The van der Waals surface area contributed by atoms with Crippen molar-refractivity contribution in [1.82, 2.24) is 25.1 Å². The Morgan fingerprint density at radius 3 is 3.20 bits per heavy atom. The summed E-state index contributed by atoms with van der Waals surface area (Å²) in [5, 5.41) is 7.91. The van der Waals surface area contributed by atoms with Crippen molar-refractivity contribution in [2.24, 2.45) is 0 Å². The Bertz CT molecular complexity index is 760. The molecule has 2 N–H and O–H groups in total. The van der Waals surface area contributed by atoms with E-state index in [0.29, 0.717) is 0 Å². The third-order valence-electron chi connectivity index (χ3n) is 3.25. The van der Waals surface area contributed by atoms with E-state index in [4.69, 9.17) is 0 Å². The molecule has 0 aromatic carbocycles. The molecule has 0 radical (unpaired) electrons. The number of hydrogen-bond acceptors (Lipinski definition) is 5. The van der Waals surface area contributed by atoms with Crippen LogP contribution in [-0.2, 0) is 0 Å². The molecule has 4 heterocycles. The third kappa shape index (κ3) is 1.87. The Morgan fingerprint density at radius 1 is 1.30 bits per heavy atom. The topological polar surface area (TPSA) is 73.5 Å². The van der Waals surface area contributed by atoms with E-state index in [1.807, 2.05) is 36.4 Å². The molecule has 100 valence electrons. The van der Waals surface area contributed by atoms with Crippen molar-refractivity contribution in [2.45, 2.75) is 0 Å². The predicted molar refractivity (Wildman–Crippen MR) is 80.3 cm³/mol. The Labute approximate surface area is 119 Å². The van der Waals surface area contributed by atoms with Gasteiger partial charge in [0.25, 0.3) is 0 Å². The zero-order valence-corrected chi connectivity index (χ0v) is 11.4. The van der Waals surface area contributed by atoms with E-state index in [-0.39, 0.29) is 0 Å². The van der Waals surface area contributed by atoms with Gasteiger partial charge in [-0.2, -0.15) is 5.10 Å². The molecule has 3 aromatic rings. The summed E-state index contributed by atoms with van der Waals surface area (Å²) in [4.78, 5) is 15.2. The number of rotatable bonds is 2. The monoisotopic (exact) mass is 284 g/mol. The number of fused-ring (bicyclic) bond motifs is 1. The van der Waals surface area contributed by atoms with E-state index < -0.39 is 0 Å². The maximum Gasteiger partial charge on any atom is 0.145 e. The summed E-state index contributed by atoms with van der Waals surface area (Å²) in [7, 11) is 0. The van der Waals surface area contributed by atoms with Gasteiger partial charge in [-0.25, -0.2) is 9.97 Å². The van der Waals surface area contributed by atoms with E-state index in [1.165, 1.54) is 4.91 Å². The summed E-state index contributed by atoms with van der Waals surface area (Å²) < 4.78 is 0. The van der Waals surface area contributed by atoms with Crippen LogP contribution in [0.5, 0.6) is 0 Å². The normalized spacial score (nSPS) is 15.6. The lowest BCUT2D eigenvalue weighted by molar-refractivity contribution is 0.988. The Balaban J connectivity index is 1.78. The van der Waals surface area contributed by atoms with E-state index >= 15 is 0 Å². The standard InChI is InChI=1S/C13H12N6S/c1-2-14-12-10(1)13(16-8-15-12)19-3-4-20-11(7-19)9-5-17-18-6-9/h1-2,5-8H,3-4H2,(H,17,18)(H,14,15,16). The van der Waals surface area contributed by atoms with Crippen LogP contribution in [0.2, 0.25) is 0 Å². The fraction of sp³-hybridized carbons (Fsp3) is 0.154. The van der Waals surface area contributed by atoms with Gasteiger partial charge in [-0.1, -0.05) is 0 Å². The first kappa shape index (κ1) is 11.5. The van der Waals surface area contributed by atoms with Crippen LogP contribution in [0.3, 0.4) is 0 Å². The minimum atomic E-state index is 0.867. The van der Waals surface area contributed by atoms with Crippen LogP contribution in [0.25, 0.3) is 15.9 Å². The lowest BCUT2D eigenvalue weighted by Crippen LogP contribution is -2.24. The summed E-state index contributed by atoms with van der Waals surface area (Å²) in [6, 6.07) is 2.01. The summed E-state index contributed by atoms with van der Waals surface area (Å²) in [6.07, 6.45) is 9.37. The van der Waals surface area contributed by atoms with Crippen LogP contribution in [0.1, 0.15) is 5.56 Å². The average Bonchev–Trinajstić information content (AvgIpc) is 3.18. The molecule has 1 aliphatic rings. The second-order valence-corrected chi connectivity index (χ2v) is 5.60. The lowest BCUT2D eigenvalue weighted by Gasteiger charge is -2.25. The van der Waals surface area contributed by atoms with Crippen molar-refractivity contribution in [1.29, 1.82) is 0 Å². The summed E-state index contributed by atoms with van der Waals surface area (Å²) >= 11 is 1.84. The number of thioether (sulfide) groups is 1. The van der Waals surface area contributed by atoms with Crippen molar-refractivity contribution in [3.8, 4) is 0 Å². The van der Waals surface area contributed by atoms with E-state index in [1.54, 1.807) is 6.33 Å². The van der Waals surface area contributed by atoms with Gasteiger partial charge in [0.2, 0.25) is 0 Å². The van der Waals surface area contributed by atoms with Crippen LogP contribution in [-0.4, -0.2) is 37.4 Å². The molecule has 6 nitrogen and oxygen atoms in total. The predicted octanol–water partition coefficient (Wildman–Crippen LogP) is 2.23. The highest BCUT2D eigenvalue weighted by molar-refractivity contribution is 8.08. The van der Waals surface area contributed by atoms with Crippen molar-refractivity contribution in [3.63, 3.8) is 0 Å². The van der Waals surface area contributed by atoms with Crippen LogP contribution in [0.15, 0.2) is 37.2 Å². The fourth-order valence-electron chi connectivity index (χ4n) is 2.30. The number of hydrogen-bond donors (Lipinski definition) is 2. The lowest BCUT2D eigenvalue weighted by atomic mass is 10.3. The van der Waals surface area contributed by atoms with Gasteiger partial charge >= 0.3 is 0 Å². The van der Waals surface area contributed by atoms with E-state index in [9.17, 15) is 0 Å². The molecule has 0 fully saturated rings. The largest absolute Gasteiger partial charge is 0.346 e. The quantitative estimate of drug-likeness (QED) is 0.755. The molecule has 0 saturated carbocycles. The molecule has 0 atom stereocenters. The van der Waals surface area contributed by atoms with Crippen molar-refractivity contribution < 1.29 is 0 Å². The molecule has 0 aliphatic carbocycles. The van der Waals surface area contributed by atoms with Crippen LogP contribution >= 0.6 is 11.8 Å². The number of nitrogens with one attached hydrogen (secondary N) is 2. The Kier molecular flexibility index (Phi) is 2.70. The van der Waals surface area contributed by atoms with Crippen LogP contribution in [0.4, 0.5) is 5.82 Å². The summed E-state index contributed by atoms with van der Waals surface area (Å²) in [5.41, 5.74) is 1.98. The molecular weight excluding hydrogens is 272 g/mol. The fourth-order valence-corrected chi connectivity index (χ4v) is 3.28. The minimum absolute atomic E-state index is 0.867. The minimum Gasteiger partial charge on any atom is -0.346 e. The maximum atomic E-state index is 4.44. The first-order valence-electron chi connectivity index (χ1n) is 6.30. The Hall–Kier alpha value is -2.28. The molecule has 0 amide bonds. The van der Waals surface area contributed by atoms with Gasteiger partial charge < -0.3 is 9.88 Å². The highest BCUT2D eigenvalue weighted by Crippen LogP contribution is 2.33. The number of anilines is 1. The maximum absolute atomic E-state index is 4.44. The highest BCUT2D eigenvalue weighted by atomic mass is 32.2. The molecule has 0 spiro atoms. The van der Waals surface area contributed by atoms with Gasteiger partial charge in [0.05, 0.1) is 11.6 Å². The molecule has 4 rings (SSSR count). The molecule has 0 bridgehead atoms. The van der Waals surface area contributed by atoms with Gasteiger partial charge in [0.15, 0.2) is 0 Å². The van der Waals surface area contributed by atoms with Gasteiger partial charge in [-0.3, -0.25) is 5.10 Å². The third-order valence-corrected chi connectivity index (χ3v) is 4.29. The van der Waals surface area contributed by atoms with E-state index in [2.05, 4.69) is 36.2 Å². The molecule has 1 aliphatic heterocycles. The van der Waals surface area contributed by atoms with Crippen LogP contribution < -0.4 is 4.90 Å². The van der Waals surface area contributed by atoms with Crippen LogP contribution in [0, 0.1) is 0 Å². The SMILES string of the molecule is C1=C(c2cn[nH]c2)SCCN1c1ncnc2[nH]ccc12. The molecule has 3 aromatic heterocycles. The number of aromatic nitrogens is 5. The number of H-pyrrole nitrogens is 2.